The minimum Gasteiger partial charge on any atom is -0.0654 e. The van der Waals surface area contributed by atoms with Gasteiger partial charge in [0.1, 0.15) is 0 Å². The summed E-state index contributed by atoms with van der Waals surface area (Å²) in [7, 11) is 0. The van der Waals surface area contributed by atoms with Crippen molar-refractivity contribution in [1.82, 2.24) is 0 Å². The molecule has 1 aromatic rings. The van der Waals surface area contributed by atoms with Crippen LogP contribution in [0.2, 0.25) is 0 Å². The normalized spacial score (nSPS) is 11.4. The first-order valence-electron chi connectivity index (χ1n) is 14.2. The largest absolute Gasteiger partial charge is 0.0654 e. The van der Waals surface area contributed by atoms with Crippen LogP contribution in [-0.2, 0) is 25.7 Å². The van der Waals surface area contributed by atoms with Gasteiger partial charge in [-0.25, -0.2) is 0 Å². The van der Waals surface area contributed by atoms with Crippen LogP contribution < -0.4 is 0 Å². The first-order valence-corrected chi connectivity index (χ1v) is 14.2. The highest BCUT2D eigenvalue weighted by atomic mass is 14.2. The Morgan fingerprint density at radius 3 is 1.29 bits per heavy atom. The molecule has 1 aromatic carbocycles. The molecule has 0 heterocycles. The van der Waals surface area contributed by atoms with Gasteiger partial charge in [0.05, 0.1) is 0 Å². The van der Waals surface area contributed by atoms with Crippen LogP contribution in [0, 0.1) is 6.92 Å². The molecule has 0 unspecified atom stereocenters. The average Bonchev–Trinajstić information content (AvgIpc) is 2.77. The van der Waals surface area contributed by atoms with E-state index in [1.54, 1.807) is 22.3 Å². The van der Waals surface area contributed by atoms with Gasteiger partial charge in [0.25, 0.3) is 0 Å². The number of rotatable bonds is 20. The summed E-state index contributed by atoms with van der Waals surface area (Å²) in [4.78, 5) is 0. The maximum Gasteiger partial charge on any atom is -0.0235 e. The van der Waals surface area contributed by atoms with E-state index < -0.39 is 0 Å². The molecule has 0 aliphatic heterocycles. The molecule has 0 nitrogen and oxygen atoms in total. The highest BCUT2D eigenvalue weighted by Crippen LogP contribution is 2.30. The summed E-state index contributed by atoms with van der Waals surface area (Å²) in [5.74, 6) is 0. The van der Waals surface area contributed by atoms with Crippen molar-refractivity contribution in [3.63, 3.8) is 0 Å². The lowest BCUT2D eigenvalue weighted by Crippen LogP contribution is -2.09. The molecular weight excluding hydrogens is 372 g/mol. The predicted octanol–water partition coefficient (Wildman–Crippen LogP) is 10.4. The topological polar surface area (TPSA) is 0 Å². The second-order valence-corrected chi connectivity index (χ2v) is 9.87. The summed E-state index contributed by atoms with van der Waals surface area (Å²) in [6.45, 7) is 13.9. The van der Waals surface area contributed by atoms with Crippen molar-refractivity contribution in [3.05, 3.63) is 40.8 Å². The van der Waals surface area contributed by atoms with E-state index in [9.17, 15) is 0 Å². The van der Waals surface area contributed by atoms with Crippen molar-refractivity contribution in [2.24, 2.45) is 0 Å². The van der Waals surface area contributed by atoms with E-state index in [2.05, 4.69) is 40.7 Å². The minimum absolute atomic E-state index is 1.25. The molecule has 179 valence electrons. The second kappa shape index (κ2) is 18.8. The van der Waals surface area contributed by atoms with Gasteiger partial charge in [-0.3, -0.25) is 0 Å². The molecule has 1 rings (SSSR count). The molecule has 0 N–H and O–H groups in total. The molecule has 31 heavy (non-hydrogen) atoms. The molecule has 0 saturated carbocycles. The third-order valence-electron chi connectivity index (χ3n) is 6.99. The van der Waals surface area contributed by atoms with E-state index in [4.69, 9.17) is 0 Å². The third kappa shape index (κ3) is 11.6. The maximum absolute atomic E-state index is 4.58. The summed E-state index contributed by atoms with van der Waals surface area (Å²) in [5, 5.41) is 0. The smallest absolute Gasteiger partial charge is 0.0235 e. The summed E-state index contributed by atoms with van der Waals surface area (Å²) in [6.07, 6.45) is 26.8. The molecule has 0 aromatic heterocycles. The van der Waals surface area contributed by atoms with Gasteiger partial charge in [0, 0.05) is 0 Å². The van der Waals surface area contributed by atoms with Crippen molar-refractivity contribution in [2.75, 3.05) is 0 Å². The molecule has 0 aliphatic rings. The van der Waals surface area contributed by atoms with E-state index in [1.807, 2.05) is 0 Å². The van der Waals surface area contributed by atoms with Crippen molar-refractivity contribution in [1.29, 1.82) is 0 Å². The average molecular weight is 428 g/mol. The Morgan fingerprint density at radius 2 is 0.839 bits per heavy atom. The van der Waals surface area contributed by atoms with E-state index in [0.29, 0.717) is 0 Å². The lowest BCUT2D eigenvalue weighted by Gasteiger charge is -2.22. The minimum atomic E-state index is 1.25. The van der Waals surface area contributed by atoms with Gasteiger partial charge in [-0.1, -0.05) is 111 Å². The van der Waals surface area contributed by atoms with E-state index >= 15 is 0 Å². The van der Waals surface area contributed by atoms with Gasteiger partial charge < -0.3 is 0 Å². The van der Waals surface area contributed by atoms with Crippen LogP contribution in [0.25, 0.3) is 0 Å². The highest BCUT2D eigenvalue weighted by molar-refractivity contribution is 5.48. The molecule has 0 amide bonds. The van der Waals surface area contributed by atoms with Crippen LogP contribution >= 0.6 is 0 Å². The fourth-order valence-corrected chi connectivity index (χ4v) is 5.03. The van der Waals surface area contributed by atoms with Crippen molar-refractivity contribution in [2.45, 2.75) is 156 Å². The van der Waals surface area contributed by atoms with Crippen LogP contribution in [0.4, 0.5) is 0 Å². The first kappa shape index (κ1) is 28.3. The monoisotopic (exact) mass is 427 g/mol. The zero-order chi connectivity index (χ0) is 22.7. The summed E-state index contributed by atoms with van der Waals surface area (Å²) < 4.78 is 0. The van der Waals surface area contributed by atoms with Crippen molar-refractivity contribution >= 4 is 0 Å². The lowest BCUT2D eigenvalue weighted by atomic mass is 9.83. The number of aryl methyl sites for hydroxylation is 1. The Kier molecular flexibility index (Phi) is 17.1. The number of hydrogen-bond acceptors (Lipinski definition) is 0. The van der Waals surface area contributed by atoms with Gasteiger partial charge in [-0.15, -0.1) is 0 Å². The number of hydrogen-bond donors (Lipinski definition) is 0. The molecular formula is C31H55. The van der Waals surface area contributed by atoms with Gasteiger partial charge >= 0.3 is 0 Å². The van der Waals surface area contributed by atoms with E-state index in [0.717, 1.165) is 0 Å². The molecule has 1 radical (unpaired) electrons. The highest BCUT2D eigenvalue weighted by Gasteiger charge is 2.16. The molecule has 0 fully saturated rings. The zero-order valence-electron chi connectivity index (χ0n) is 21.9. The van der Waals surface area contributed by atoms with Crippen LogP contribution in [0.1, 0.15) is 158 Å². The quantitative estimate of drug-likeness (QED) is 0.181. The van der Waals surface area contributed by atoms with Crippen molar-refractivity contribution in [3.8, 4) is 0 Å². The maximum atomic E-state index is 4.58. The summed E-state index contributed by atoms with van der Waals surface area (Å²) in [5.41, 5.74) is 8.13. The fraction of sp³-hybridized carbons (Fsp3) is 0.774. The van der Waals surface area contributed by atoms with Gasteiger partial charge in [-0.2, -0.15) is 0 Å². The molecule has 0 bridgehead atoms. The summed E-state index contributed by atoms with van der Waals surface area (Å²) in [6, 6.07) is 2.51. The molecule has 0 atom stereocenters. The Morgan fingerprint density at radius 1 is 0.452 bits per heavy atom. The number of benzene rings is 1. The van der Waals surface area contributed by atoms with E-state index in [-0.39, 0.29) is 0 Å². The fourth-order valence-electron chi connectivity index (χ4n) is 5.03. The van der Waals surface area contributed by atoms with Gasteiger partial charge in [0.15, 0.2) is 0 Å². The predicted molar refractivity (Wildman–Crippen MR) is 142 cm³/mol. The molecule has 0 spiro atoms. The Labute approximate surface area is 197 Å². The second-order valence-electron chi connectivity index (χ2n) is 9.87. The van der Waals surface area contributed by atoms with Gasteiger partial charge in [0.2, 0.25) is 0 Å². The molecule has 0 aliphatic carbocycles. The number of unbranched alkanes of at least 4 members (excludes halogenated alkanes) is 12. The van der Waals surface area contributed by atoms with Crippen LogP contribution in [0.3, 0.4) is 0 Å². The standard InChI is InChI=1S/C31H55/c1-6-10-14-18-22-28-26-27(5)29(23-19-15-11-7-2)31(25-21-17-13-9-4)30(28)24-20-16-12-8-3/h26H,5-25H2,1-4H3. The Bertz CT molecular complexity index is 554. The molecule has 0 heteroatoms. The first-order chi connectivity index (χ1) is 15.2. The lowest BCUT2D eigenvalue weighted by molar-refractivity contribution is 0.630. The van der Waals surface area contributed by atoms with E-state index in [1.165, 1.54) is 134 Å². The van der Waals surface area contributed by atoms with Gasteiger partial charge in [-0.05, 0) is 86.1 Å². The van der Waals surface area contributed by atoms with Crippen LogP contribution in [-0.4, -0.2) is 0 Å². The van der Waals surface area contributed by atoms with Crippen LogP contribution in [0.15, 0.2) is 6.07 Å². The van der Waals surface area contributed by atoms with Crippen molar-refractivity contribution < 1.29 is 0 Å². The van der Waals surface area contributed by atoms with Crippen LogP contribution in [0.5, 0.6) is 0 Å². The SMILES string of the molecule is [CH2]c1cc(CCCCCC)c(CCCCCC)c(CCCCCC)c1CCCCCC. The third-order valence-corrected chi connectivity index (χ3v) is 6.99. The Balaban J connectivity index is 3.12. The summed E-state index contributed by atoms with van der Waals surface area (Å²) >= 11 is 0. The Hall–Kier alpha value is -0.780. The zero-order valence-corrected chi connectivity index (χ0v) is 21.9. The molecule has 0 saturated heterocycles.